The zero-order valence-electron chi connectivity index (χ0n) is 12.5. The number of hydrogen-bond donors (Lipinski definition) is 0. The number of carbonyl (C=O) groups is 2. The van der Waals surface area contributed by atoms with Crippen LogP contribution < -0.4 is 0 Å². The lowest BCUT2D eigenvalue weighted by Crippen LogP contribution is -2.47. The Morgan fingerprint density at radius 3 is 2.60 bits per heavy atom. The van der Waals surface area contributed by atoms with E-state index in [2.05, 4.69) is 11.8 Å². The summed E-state index contributed by atoms with van der Waals surface area (Å²) in [5, 5.41) is 0. The van der Waals surface area contributed by atoms with E-state index in [1.165, 1.54) is 19.3 Å². The minimum Gasteiger partial charge on any atom is -0.337 e. The lowest BCUT2D eigenvalue weighted by Gasteiger charge is -2.32. The van der Waals surface area contributed by atoms with Gasteiger partial charge in [0.05, 0.1) is 0 Å². The number of carbonyl (C=O) groups excluding carboxylic acids is 2. The molecule has 3 unspecified atom stereocenters. The van der Waals surface area contributed by atoms with Crippen molar-refractivity contribution in [3.8, 4) is 0 Å². The van der Waals surface area contributed by atoms with Gasteiger partial charge in [0.1, 0.15) is 6.04 Å². The Labute approximate surface area is 121 Å². The summed E-state index contributed by atoms with van der Waals surface area (Å²) >= 11 is 0. The van der Waals surface area contributed by atoms with Crippen LogP contribution in [0.25, 0.3) is 0 Å². The van der Waals surface area contributed by atoms with Gasteiger partial charge in [-0.15, -0.1) is 0 Å². The van der Waals surface area contributed by atoms with E-state index in [4.69, 9.17) is 0 Å². The zero-order chi connectivity index (χ0) is 14.1. The van der Waals surface area contributed by atoms with Crippen LogP contribution in [0.15, 0.2) is 0 Å². The van der Waals surface area contributed by atoms with Crippen LogP contribution in [0.1, 0.15) is 58.3 Å². The van der Waals surface area contributed by atoms with E-state index in [1.54, 1.807) is 0 Å². The molecule has 4 heteroatoms. The highest BCUT2D eigenvalue weighted by atomic mass is 16.2. The molecule has 2 heterocycles. The van der Waals surface area contributed by atoms with Crippen molar-refractivity contribution in [2.45, 2.75) is 70.4 Å². The average molecular weight is 278 g/mol. The van der Waals surface area contributed by atoms with E-state index in [0.717, 1.165) is 38.1 Å². The molecule has 0 aromatic carbocycles. The SMILES string of the molecule is CC1CCCC(N2CCC(=O)N3CCCC3C2=O)CC1. The topological polar surface area (TPSA) is 40.6 Å². The van der Waals surface area contributed by atoms with Crippen molar-refractivity contribution in [3.63, 3.8) is 0 Å². The molecule has 3 rings (SSSR count). The van der Waals surface area contributed by atoms with Crippen LogP contribution in [0.4, 0.5) is 0 Å². The van der Waals surface area contributed by atoms with Gasteiger partial charge in [-0.3, -0.25) is 9.59 Å². The average Bonchev–Trinajstić information content (AvgIpc) is 2.78. The fourth-order valence-corrected chi connectivity index (χ4v) is 4.12. The van der Waals surface area contributed by atoms with E-state index in [-0.39, 0.29) is 17.9 Å². The van der Waals surface area contributed by atoms with Gasteiger partial charge in [0.25, 0.3) is 0 Å². The van der Waals surface area contributed by atoms with Crippen molar-refractivity contribution in [2.75, 3.05) is 13.1 Å². The van der Waals surface area contributed by atoms with Crippen molar-refractivity contribution in [3.05, 3.63) is 0 Å². The normalized spacial score (nSPS) is 35.8. The van der Waals surface area contributed by atoms with Gasteiger partial charge in [-0.1, -0.05) is 19.8 Å². The lowest BCUT2D eigenvalue weighted by atomic mass is 10.0. The Balaban J connectivity index is 1.75. The molecule has 1 aliphatic carbocycles. The molecular formula is C16H26N2O2. The Morgan fingerprint density at radius 2 is 1.75 bits per heavy atom. The van der Waals surface area contributed by atoms with Gasteiger partial charge in [-0.25, -0.2) is 0 Å². The maximum Gasteiger partial charge on any atom is 0.245 e. The van der Waals surface area contributed by atoms with Crippen LogP contribution in [0, 0.1) is 5.92 Å². The smallest absolute Gasteiger partial charge is 0.245 e. The lowest BCUT2D eigenvalue weighted by molar-refractivity contribution is -0.140. The van der Waals surface area contributed by atoms with E-state index in [9.17, 15) is 9.59 Å². The van der Waals surface area contributed by atoms with Crippen LogP contribution >= 0.6 is 0 Å². The fraction of sp³-hybridized carbons (Fsp3) is 0.875. The third kappa shape index (κ3) is 2.57. The van der Waals surface area contributed by atoms with Gasteiger partial charge in [0, 0.05) is 25.6 Å². The molecule has 1 saturated carbocycles. The molecule has 3 fully saturated rings. The summed E-state index contributed by atoms with van der Waals surface area (Å²) in [7, 11) is 0. The molecule has 0 N–H and O–H groups in total. The van der Waals surface area contributed by atoms with Gasteiger partial charge in [-0.2, -0.15) is 0 Å². The van der Waals surface area contributed by atoms with Gasteiger partial charge >= 0.3 is 0 Å². The first-order valence-electron chi connectivity index (χ1n) is 8.27. The molecule has 0 radical (unpaired) electrons. The largest absolute Gasteiger partial charge is 0.337 e. The van der Waals surface area contributed by atoms with Crippen molar-refractivity contribution in [2.24, 2.45) is 5.92 Å². The van der Waals surface area contributed by atoms with Crippen molar-refractivity contribution in [1.29, 1.82) is 0 Å². The van der Waals surface area contributed by atoms with E-state index >= 15 is 0 Å². The van der Waals surface area contributed by atoms with Crippen molar-refractivity contribution in [1.82, 2.24) is 9.80 Å². The van der Waals surface area contributed by atoms with Crippen LogP contribution in [0.3, 0.4) is 0 Å². The number of nitrogens with zero attached hydrogens (tertiary/aromatic N) is 2. The van der Waals surface area contributed by atoms with Gasteiger partial charge in [0.15, 0.2) is 0 Å². The van der Waals surface area contributed by atoms with Crippen LogP contribution in [-0.4, -0.2) is 46.8 Å². The Bertz CT molecular complexity index is 396. The second-order valence-electron chi connectivity index (χ2n) is 6.79. The predicted molar refractivity (Wildman–Crippen MR) is 77.1 cm³/mol. The monoisotopic (exact) mass is 278 g/mol. The van der Waals surface area contributed by atoms with Gasteiger partial charge < -0.3 is 9.80 Å². The summed E-state index contributed by atoms with van der Waals surface area (Å²) in [5.41, 5.74) is 0. The first-order chi connectivity index (χ1) is 9.66. The molecule has 3 atom stereocenters. The minimum atomic E-state index is -0.148. The van der Waals surface area contributed by atoms with Crippen LogP contribution in [0.5, 0.6) is 0 Å². The molecule has 2 amide bonds. The number of rotatable bonds is 1. The van der Waals surface area contributed by atoms with Crippen molar-refractivity contribution < 1.29 is 9.59 Å². The van der Waals surface area contributed by atoms with E-state index in [1.807, 2.05) is 4.90 Å². The van der Waals surface area contributed by atoms with E-state index in [0.29, 0.717) is 19.0 Å². The summed E-state index contributed by atoms with van der Waals surface area (Å²) in [6.45, 7) is 3.74. The van der Waals surface area contributed by atoms with Crippen LogP contribution in [-0.2, 0) is 9.59 Å². The predicted octanol–water partition coefficient (Wildman–Crippen LogP) is 2.18. The van der Waals surface area contributed by atoms with Crippen molar-refractivity contribution >= 4 is 11.8 Å². The van der Waals surface area contributed by atoms with Gasteiger partial charge in [0.2, 0.25) is 11.8 Å². The molecule has 4 nitrogen and oxygen atoms in total. The highest BCUT2D eigenvalue weighted by Gasteiger charge is 2.41. The third-order valence-corrected chi connectivity index (χ3v) is 5.38. The molecule has 20 heavy (non-hydrogen) atoms. The highest BCUT2D eigenvalue weighted by Crippen LogP contribution is 2.30. The highest BCUT2D eigenvalue weighted by molar-refractivity contribution is 5.90. The third-order valence-electron chi connectivity index (χ3n) is 5.38. The standard InChI is InChI=1S/C16H26N2O2/c1-12-4-2-5-13(8-7-12)17-11-9-15(19)18-10-3-6-14(18)16(17)20/h12-14H,2-11H2,1H3. The molecule has 0 spiro atoms. The summed E-state index contributed by atoms with van der Waals surface area (Å²) in [6, 6.07) is 0.228. The summed E-state index contributed by atoms with van der Waals surface area (Å²) in [6.07, 6.45) is 8.34. The molecule has 0 bridgehead atoms. The number of amides is 2. The molecule has 3 aliphatic rings. The molecular weight excluding hydrogens is 252 g/mol. The second-order valence-corrected chi connectivity index (χ2v) is 6.79. The molecule has 2 saturated heterocycles. The van der Waals surface area contributed by atoms with Gasteiger partial charge in [-0.05, 0) is 38.0 Å². The Kier molecular flexibility index (Phi) is 3.99. The zero-order valence-corrected chi connectivity index (χ0v) is 12.5. The Morgan fingerprint density at radius 1 is 0.900 bits per heavy atom. The quantitative estimate of drug-likeness (QED) is 0.690. The summed E-state index contributed by atoms with van der Waals surface area (Å²) < 4.78 is 0. The number of fused-ring (bicyclic) bond motifs is 1. The van der Waals surface area contributed by atoms with E-state index < -0.39 is 0 Å². The molecule has 112 valence electrons. The van der Waals surface area contributed by atoms with Crippen LogP contribution in [0.2, 0.25) is 0 Å². The number of hydrogen-bond acceptors (Lipinski definition) is 2. The molecule has 0 aromatic heterocycles. The molecule has 0 aromatic rings. The first-order valence-corrected chi connectivity index (χ1v) is 8.27. The minimum absolute atomic E-state index is 0.148. The maximum atomic E-state index is 12.8. The summed E-state index contributed by atoms with van der Waals surface area (Å²) in [5.74, 6) is 1.20. The Hall–Kier alpha value is -1.06. The summed E-state index contributed by atoms with van der Waals surface area (Å²) in [4.78, 5) is 28.8. The molecule has 2 aliphatic heterocycles. The fourth-order valence-electron chi connectivity index (χ4n) is 4.12. The maximum absolute atomic E-state index is 12.8. The first kappa shape index (κ1) is 13.9. The second kappa shape index (κ2) is 5.74.